The summed E-state index contributed by atoms with van der Waals surface area (Å²) in [5.41, 5.74) is 0. The first kappa shape index (κ1) is 9.86. The first-order valence-electron chi connectivity index (χ1n) is 4.04. The molecule has 0 aromatic heterocycles. The lowest BCUT2D eigenvalue weighted by atomic mass is 10.3. The maximum absolute atomic E-state index is 9.12. The van der Waals surface area contributed by atoms with Gasteiger partial charge in [0.15, 0.2) is 6.29 Å². The first-order valence-corrected chi connectivity index (χ1v) is 4.04. The lowest BCUT2D eigenvalue weighted by molar-refractivity contribution is -0.0143. The van der Waals surface area contributed by atoms with Crippen LogP contribution in [0, 0.1) is 6.92 Å². The quantitative estimate of drug-likeness (QED) is 0.717. The van der Waals surface area contributed by atoms with Gasteiger partial charge in [-0.2, -0.15) is 0 Å². The molecule has 13 heavy (non-hydrogen) atoms. The molecule has 3 nitrogen and oxygen atoms in total. The van der Waals surface area contributed by atoms with Crippen LogP contribution in [0.3, 0.4) is 0 Å². The molecule has 1 atom stereocenters. The fourth-order valence-corrected chi connectivity index (χ4v) is 0.870. The third-order valence-corrected chi connectivity index (χ3v) is 1.58. The van der Waals surface area contributed by atoms with E-state index >= 15 is 0 Å². The van der Waals surface area contributed by atoms with E-state index in [1.807, 2.05) is 0 Å². The number of hydrogen-bond donors (Lipinski definition) is 1. The van der Waals surface area contributed by atoms with E-state index in [-0.39, 0.29) is 0 Å². The monoisotopic (exact) mass is 181 g/mol. The number of aliphatic hydroxyl groups excluding tert-OH is 1. The van der Waals surface area contributed by atoms with Crippen LogP contribution in [-0.2, 0) is 0 Å². The zero-order chi connectivity index (χ0) is 9.68. The summed E-state index contributed by atoms with van der Waals surface area (Å²) in [6.07, 6.45) is -0.514. The topological polar surface area (TPSA) is 38.7 Å². The number of methoxy groups -OCH3 is 1. The van der Waals surface area contributed by atoms with E-state index in [0.717, 1.165) is 5.75 Å². The van der Waals surface area contributed by atoms with Gasteiger partial charge in [0, 0.05) is 6.42 Å². The van der Waals surface area contributed by atoms with Gasteiger partial charge >= 0.3 is 0 Å². The number of hydrogen-bond acceptors (Lipinski definition) is 3. The Kier molecular flexibility index (Phi) is 3.58. The van der Waals surface area contributed by atoms with E-state index in [0.29, 0.717) is 12.2 Å². The summed E-state index contributed by atoms with van der Waals surface area (Å²) in [5, 5.41) is 9.12. The van der Waals surface area contributed by atoms with E-state index in [4.69, 9.17) is 14.6 Å². The summed E-state index contributed by atoms with van der Waals surface area (Å²) >= 11 is 0. The normalized spacial score (nSPS) is 12.2. The summed E-state index contributed by atoms with van der Waals surface area (Å²) in [4.78, 5) is 0. The Balaban J connectivity index is 2.58. The zero-order valence-electron chi connectivity index (χ0n) is 7.56. The van der Waals surface area contributed by atoms with E-state index in [9.17, 15) is 0 Å². The van der Waals surface area contributed by atoms with Crippen LogP contribution in [0.4, 0.5) is 0 Å². The van der Waals surface area contributed by atoms with Crippen molar-refractivity contribution in [2.45, 2.75) is 12.7 Å². The van der Waals surface area contributed by atoms with Crippen molar-refractivity contribution in [3.05, 3.63) is 31.2 Å². The van der Waals surface area contributed by atoms with Crippen molar-refractivity contribution < 1.29 is 14.6 Å². The number of ether oxygens (including phenoxy) is 2. The number of benzene rings is 1. The van der Waals surface area contributed by atoms with Crippen LogP contribution in [0.25, 0.3) is 0 Å². The fourth-order valence-electron chi connectivity index (χ4n) is 0.870. The third-order valence-electron chi connectivity index (χ3n) is 1.58. The van der Waals surface area contributed by atoms with Crippen molar-refractivity contribution >= 4 is 0 Å². The highest BCUT2D eigenvalue weighted by molar-refractivity contribution is 5.31. The number of aliphatic hydroxyl groups is 1. The summed E-state index contributed by atoms with van der Waals surface area (Å²) in [5.74, 6) is 1.37. The second-order valence-corrected chi connectivity index (χ2v) is 2.54. The minimum Gasteiger partial charge on any atom is -0.497 e. The maximum atomic E-state index is 9.12. The van der Waals surface area contributed by atoms with Gasteiger partial charge in [0.05, 0.1) is 7.11 Å². The van der Waals surface area contributed by atoms with Crippen molar-refractivity contribution in [2.75, 3.05) is 7.11 Å². The molecule has 0 heterocycles. The summed E-state index contributed by atoms with van der Waals surface area (Å²) < 4.78 is 10.1. The van der Waals surface area contributed by atoms with Gasteiger partial charge in [-0.15, -0.1) is 0 Å². The molecule has 1 N–H and O–H groups in total. The smallest absolute Gasteiger partial charge is 0.197 e. The zero-order valence-corrected chi connectivity index (χ0v) is 7.56. The van der Waals surface area contributed by atoms with E-state index in [2.05, 4.69) is 6.92 Å². The van der Waals surface area contributed by atoms with Gasteiger partial charge in [-0.3, -0.25) is 0 Å². The minimum absolute atomic E-state index is 0.325. The van der Waals surface area contributed by atoms with Gasteiger partial charge < -0.3 is 14.6 Å². The van der Waals surface area contributed by atoms with Gasteiger partial charge in [-0.05, 0) is 31.2 Å². The van der Waals surface area contributed by atoms with Crippen LogP contribution in [0.2, 0.25) is 0 Å². The van der Waals surface area contributed by atoms with E-state index < -0.39 is 6.29 Å². The van der Waals surface area contributed by atoms with Crippen molar-refractivity contribution in [2.24, 2.45) is 0 Å². The predicted octanol–water partition coefficient (Wildman–Crippen LogP) is 1.62. The molecular weight excluding hydrogens is 168 g/mol. The molecule has 0 saturated heterocycles. The second kappa shape index (κ2) is 4.72. The van der Waals surface area contributed by atoms with Crippen molar-refractivity contribution in [1.82, 2.24) is 0 Å². The average molecular weight is 181 g/mol. The lowest BCUT2D eigenvalue weighted by Gasteiger charge is -2.11. The van der Waals surface area contributed by atoms with Crippen LogP contribution < -0.4 is 9.47 Å². The molecule has 0 aliphatic rings. The maximum Gasteiger partial charge on any atom is 0.197 e. The van der Waals surface area contributed by atoms with Crippen molar-refractivity contribution in [3.63, 3.8) is 0 Å². The molecule has 0 spiro atoms. The molecule has 3 heteroatoms. The molecule has 1 rings (SSSR count). The highest BCUT2D eigenvalue weighted by atomic mass is 16.6. The molecule has 71 valence electrons. The Morgan fingerprint density at radius 1 is 1.31 bits per heavy atom. The molecule has 0 amide bonds. The van der Waals surface area contributed by atoms with Crippen molar-refractivity contribution in [1.29, 1.82) is 0 Å². The molecule has 0 fully saturated rings. The molecule has 0 aliphatic heterocycles. The van der Waals surface area contributed by atoms with Gasteiger partial charge in [0.25, 0.3) is 0 Å². The highest BCUT2D eigenvalue weighted by Crippen LogP contribution is 2.18. The molecule has 1 unspecified atom stereocenters. The standard InChI is InChI=1S/C10H13O3/c1-3-10(11)13-9-6-4-8(12-2)5-7-9/h4-7,10-11H,1,3H2,2H3. The Morgan fingerprint density at radius 3 is 2.31 bits per heavy atom. The second-order valence-electron chi connectivity index (χ2n) is 2.54. The minimum atomic E-state index is -0.839. The van der Waals surface area contributed by atoms with Gasteiger partial charge in [-0.25, -0.2) is 0 Å². The van der Waals surface area contributed by atoms with E-state index in [1.165, 1.54) is 0 Å². The van der Waals surface area contributed by atoms with E-state index in [1.54, 1.807) is 31.4 Å². The predicted molar refractivity (Wildman–Crippen MR) is 49.6 cm³/mol. The molecule has 1 aromatic rings. The first-order chi connectivity index (χ1) is 6.26. The SMILES string of the molecule is [CH2]CC(O)Oc1ccc(OC)cc1. The van der Waals surface area contributed by atoms with Gasteiger partial charge in [0.1, 0.15) is 11.5 Å². The van der Waals surface area contributed by atoms with Gasteiger partial charge in [-0.1, -0.05) is 0 Å². The average Bonchev–Trinajstić information content (AvgIpc) is 2.19. The van der Waals surface area contributed by atoms with Crippen LogP contribution >= 0.6 is 0 Å². The van der Waals surface area contributed by atoms with Crippen LogP contribution in [0.1, 0.15) is 6.42 Å². The summed E-state index contributed by atoms with van der Waals surface area (Å²) in [6.45, 7) is 3.52. The lowest BCUT2D eigenvalue weighted by Crippen LogP contribution is -2.13. The van der Waals surface area contributed by atoms with Crippen LogP contribution in [0.5, 0.6) is 11.5 Å². The third kappa shape index (κ3) is 2.95. The van der Waals surface area contributed by atoms with Crippen molar-refractivity contribution in [3.8, 4) is 11.5 Å². The molecule has 0 saturated carbocycles. The molecule has 1 radical (unpaired) electrons. The Bertz CT molecular complexity index is 243. The Labute approximate surface area is 77.9 Å². The van der Waals surface area contributed by atoms with Gasteiger partial charge in [0.2, 0.25) is 0 Å². The Morgan fingerprint density at radius 2 is 1.85 bits per heavy atom. The molecule has 0 bridgehead atoms. The van der Waals surface area contributed by atoms with Crippen LogP contribution in [0.15, 0.2) is 24.3 Å². The largest absolute Gasteiger partial charge is 0.497 e. The molecule has 1 aromatic carbocycles. The summed E-state index contributed by atoms with van der Waals surface area (Å²) in [6, 6.07) is 7.01. The molecule has 0 aliphatic carbocycles. The summed E-state index contributed by atoms with van der Waals surface area (Å²) in [7, 11) is 1.60. The Hall–Kier alpha value is -1.22. The number of rotatable bonds is 4. The molecular formula is C10H13O3. The highest BCUT2D eigenvalue weighted by Gasteiger charge is 2.01. The van der Waals surface area contributed by atoms with Crippen LogP contribution in [-0.4, -0.2) is 18.5 Å². The fraction of sp³-hybridized carbons (Fsp3) is 0.300.